The van der Waals surface area contributed by atoms with Crippen molar-refractivity contribution in [3.05, 3.63) is 69.4 Å². The number of imide groups is 1. The van der Waals surface area contributed by atoms with Gasteiger partial charge in [-0.25, -0.2) is 4.90 Å². The van der Waals surface area contributed by atoms with E-state index in [1.54, 1.807) is 32.4 Å². The van der Waals surface area contributed by atoms with E-state index < -0.39 is 0 Å². The molecule has 0 aromatic heterocycles. The number of nitrogens with zero attached hydrogens (tertiary/aromatic N) is 2. The van der Waals surface area contributed by atoms with Crippen LogP contribution in [0.25, 0.3) is 5.57 Å². The summed E-state index contributed by atoms with van der Waals surface area (Å²) in [7, 11) is 3.21. The number of benzene rings is 2. The fourth-order valence-corrected chi connectivity index (χ4v) is 3.84. The summed E-state index contributed by atoms with van der Waals surface area (Å²) in [4.78, 5) is 30.5. The molecule has 1 heterocycles. The maximum atomic E-state index is 13.7. The number of hydrogen-bond acceptors (Lipinski definition) is 5. The number of rotatable bonds is 9. The normalized spacial score (nSPS) is 14.0. The molecule has 0 radical (unpaired) electrons. The number of hydrogen-bond donors (Lipinski definition) is 0. The van der Waals surface area contributed by atoms with Crippen LogP contribution in [0, 0.1) is 20.8 Å². The maximum Gasteiger partial charge on any atom is 0.282 e. The lowest BCUT2D eigenvalue weighted by Crippen LogP contribution is -2.37. The number of ether oxygens (including phenoxy) is 2. The first-order valence-electron chi connectivity index (χ1n) is 10.5. The van der Waals surface area contributed by atoms with Gasteiger partial charge in [0.15, 0.2) is 0 Å². The van der Waals surface area contributed by atoms with Crippen molar-refractivity contribution in [1.82, 2.24) is 4.90 Å². The Morgan fingerprint density at radius 3 is 2.03 bits per heavy atom. The molecule has 0 unspecified atom stereocenters. The average molecular weight is 457 g/mol. The highest BCUT2D eigenvalue weighted by molar-refractivity contribution is 6.45. The third-order valence-corrected chi connectivity index (χ3v) is 6.12. The van der Waals surface area contributed by atoms with Gasteiger partial charge in [0.1, 0.15) is 5.70 Å². The van der Waals surface area contributed by atoms with Crippen LogP contribution in [0.4, 0.5) is 5.69 Å². The standard InChI is InChI=1S/C25H29ClN2O4/c1-16-6-8-19(14-18(16)3)22-23(27(10-12-31-4)11-13-32-5)25(30)28(24(22)29)20-9-7-17(2)21(26)15-20/h6-9,14-15H,10-13H2,1-5H3. The molecular formula is C25H29ClN2O4. The number of anilines is 1. The molecule has 0 saturated heterocycles. The van der Waals surface area contributed by atoms with Gasteiger partial charge in [-0.2, -0.15) is 0 Å². The Balaban J connectivity index is 2.16. The van der Waals surface area contributed by atoms with E-state index >= 15 is 0 Å². The van der Waals surface area contributed by atoms with Gasteiger partial charge in [0.25, 0.3) is 11.8 Å². The number of methoxy groups -OCH3 is 2. The molecule has 1 aliphatic heterocycles. The minimum atomic E-state index is -0.379. The van der Waals surface area contributed by atoms with Crippen molar-refractivity contribution in [3.8, 4) is 0 Å². The molecule has 1 aliphatic rings. The van der Waals surface area contributed by atoms with Gasteiger partial charge in [-0.3, -0.25) is 9.59 Å². The number of carbonyl (C=O) groups excluding carboxylic acids is 2. The third kappa shape index (κ3) is 4.72. The summed E-state index contributed by atoms with van der Waals surface area (Å²) in [6, 6.07) is 11.0. The molecule has 2 aromatic rings. The summed E-state index contributed by atoms with van der Waals surface area (Å²) in [5, 5.41) is 0.500. The summed E-state index contributed by atoms with van der Waals surface area (Å²) < 4.78 is 10.5. The Bertz CT molecular complexity index is 1060. The van der Waals surface area contributed by atoms with Gasteiger partial charge < -0.3 is 14.4 Å². The van der Waals surface area contributed by atoms with Crippen LogP contribution in [0.3, 0.4) is 0 Å². The minimum absolute atomic E-state index is 0.351. The Hall–Kier alpha value is -2.67. The number of aryl methyl sites for hydroxylation is 3. The molecule has 0 fully saturated rings. The van der Waals surface area contributed by atoms with Gasteiger partial charge in [-0.15, -0.1) is 0 Å². The van der Waals surface area contributed by atoms with Crippen molar-refractivity contribution >= 4 is 34.7 Å². The van der Waals surface area contributed by atoms with Crippen molar-refractivity contribution in [2.24, 2.45) is 0 Å². The van der Waals surface area contributed by atoms with Crippen LogP contribution in [0.1, 0.15) is 22.3 Å². The van der Waals surface area contributed by atoms with Gasteiger partial charge in [0, 0.05) is 32.3 Å². The highest BCUT2D eigenvalue weighted by Gasteiger charge is 2.42. The van der Waals surface area contributed by atoms with Crippen LogP contribution in [0.2, 0.25) is 5.02 Å². The second-order valence-electron chi connectivity index (χ2n) is 7.87. The van der Waals surface area contributed by atoms with Gasteiger partial charge in [0.2, 0.25) is 0 Å². The average Bonchev–Trinajstić information content (AvgIpc) is 3.02. The lowest BCUT2D eigenvalue weighted by molar-refractivity contribution is -0.120. The molecule has 32 heavy (non-hydrogen) atoms. The molecule has 0 spiro atoms. The zero-order valence-corrected chi connectivity index (χ0v) is 20.0. The number of halogens is 1. The van der Waals surface area contributed by atoms with E-state index in [0.29, 0.717) is 53.8 Å². The monoisotopic (exact) mass is 456 g/mol. The predicted molar refractivity (Wildman–Crippen MR) is 127 cm³/mol. The van der Waals surface area contributed by atoms with Gasteiger partial charge >= 0.3 is 0 Å². The van der Waals surface area contributed by atoms with Crippen LogP contribution < -0.4 is 4.90 Å². The molecular weight excluding hydrogens is 428 g/mol. The Morgan fingerprint density at radius 2 is 1.47 bits per heavy atom. The molecule has 0 bridgehead atoms. The number of amides is 2. The zero-order valence-electron chi connectivity index (χ0n) is 19.2. The predicted octanol–water partition coefficient (Wildman–Crippen LogP) is 4.14. The molecule has 6 nitrogen and oxygen atoms in total. The van der Waals surface area contributed by atoms with Crippen LogP contribution in [0.5, 0.6) is 0 Å². The highest BCUT2D eigenvalue weighted by atomic mass is 35.5. The molecule has 7 heteroatoms. The van der Waals surface area contributed by atoms with Gasteiger partial charge in [0.05, 0.1) is 24.5 Å². The third-order valence-electron chi connectivity index (χ3n) is 5.72. The van der Waals surface area contributed by atoms with Crippen LogP contribution >= 0.6 is 11.6 Å². The summed E-state index contributed by atoms with van der Waals surface area (Å²) >= 11 is 6.31. The first kappa shape index (κ1) is 24.0. The van der Waals surface area contributed by atoms with E-state index in [9.17, 15) is 9.59 Å². The molecule has 0 atom stereocenters. The zero-order chi connectivity index (χ0) is 23.4. The molecule has 2 aromatic carbocycles. The Morgan fingerprint density at radius 1 is 0.844 bits per heavy atom. The molecule has 170 valence electrons. The van der Waals surface area contributed by atoms with E-state index in [2.05, 4.69) is 0 Å². The number of carbonyl (C=O) groups is 2. The molecule has 0 aliphatic carbocycles. The van der Waals surface area contributed by atoms with Crippen molar-refractivity contribution < 1.29 is 19.1 Å². The summed E-state index contributed by atoms with van der Waals surface area (Å²) in [6.07, 6.45) is 0. The second kappa shape index (κ2) is 10.3. The Labute approximate surface area is 194 Å². The van der Waals surface area contributed by atoms with E-state index in [1.807, 2.05) is 43.9 Å². The van der Waals surface area contributed by atoms with E-state index in [0.717, 1.165) is 16.7 Å². The van der Waals surface area contributed by atoms with Gasteiger partial charge in [-0.1, -0.05) is 35.9 Å². The maximum absolute atomic E-state index is 13.7. The van der Waals surface area contributed by atoms with E-state index in [4.69, 9.17) is 21.1 Å². The highest BCUT2D eigenvalue weighted by Crippen LogP contribution is 2.36. The molecule has 0 N–H and O–H groups in total. The SMILES string of the molecule is COCCN(CCOC)C1=C(c2ccc(C)c(C)c2)C(=O)N(c2ccc(C)c(Cl)c2)C1=O. The van der Waals surface area contributed by atoms with Crippen molar-refractivity contribution in [3.63, 3.8) is 0 Å². The molecule has 3 rings (SSSR count). The second-order valence-corrected chi connectivity index (χ2v) is 8.28. The largest absolute Gasteiger partial charge is 0.383 e. The van der Waals surface area contributed by atoms with E-state index in [-0.39, 0.29) is 11.8 Å². The van der Waals surface area contributed by atoms with Crippen LogP contribution in [-0.2, 0) is 19.1 Å². The Kier molecular flexibility index (Phi) is 7.72. The van der Waals surface area contributed by atoms with Crippen LogP contribution in [0.15, 0.2) is 42.1 Å². The summed E-state index contributed by atoms with van der Waals surface area (Å²) in [5.74, 6) is -0.747. The van der Waals surface area contributed by atoms with E-state index in [1.165, 1.54) is 4.90 Å². The lowest BCUT2D eigenvalue weighted by atomic mass is 9.99. The summed E-state index contributed by atoms with van der Waals surface area (Å²) in [5.41, 5.74) is 4.93. The first-order chi connectivity index (χ1) is 15.3. The van der Waals surface area contributed by atoms with Gasteiger partial charge in [-0.05, 0) is 55.2 Å². The van der Waals surface area contributed by atoms with Crippen molar-refractivity contribution in [2.75, 3.05) is 45.4 Å². The lowest BCUT2D eigenvalue weighted by Gasteiger charge is -2.25. The topological polar surface area (TPSA) is 59.1 Å². The summed E-state index contributed by atoms with van der Waals surface area (Å²) in [6.45, 7) is 7.60. The smallest absolute Gasteiger partial charge is 0.282 e. The fourth-order valence-electron chi connectivity index (χ4n) is 3.66. The molecule has 0 saturated carbocycles. The quantitative estimate of drug-likeness (QED) is 0.530. The van der Waals surface area contributed by atoms with Crippen molar-refractivity contribution in [2.45, 2.75) is 20.8 Å². The van der Waals surface area contributed by atoms with Crippen molar-refractivity contribution in [1.29, 1.82) is 0 Å². The van der Waals surface area contributed by atoms with Crippen LogP contribution in [-0.4, -0.2) is 57.2 Å². The minimum Gasteiger partial charge on any atom is -0.383 e. The fraction of sp³-hybridized carbons (Fsp3) is 0.360. The molecule has 2 amide bonds. The first-order valence-corrected chi connectivity index (χ1v) is 10.9.